The van der Waals surface area contributed by atoms with Crippen molar-refractivity contribution in [2.24, 2.45) is 0 Å². The number of aromatic nitrogens is 1. The molecule has 0 spiro atoms. The van der Waals surface area contributed by atoms with Crippen LogP contribution in [0.15, 0.2) is 72.9 Å². The van der Waals surface area contributed by atoms with Gasteiger partial charge < -0.3 is 0 Å². The molecule has 0 radical (unpaired) electrons. The van der Waals surface area contributed by atoms with Crippen LogP contribution >= 0.6 is 11.3 Å². The largest absolute Gasteiger partial charge is 0.255 e. The second-order valence-corrected chi connectivity index (χ2v) is 14.4. The van der Waals surface area contributed by atoms with Crippen molar-refractivity contribution in [1.82, 2.24) is 4.98 Å². The van der Waals surface area contributed by atoms with E-state index in [0.29, 0.717) is 0 Å². The lowest BCUT2D eigenvalue weighted by Crippen LogP contribution is -2.12. The first-order chi connectivity index (χ1) is 17.2. The SMILES string of the molecule is CC(C)(C)c1ccc(-c2sc3c(-c4cc(C(C)(C)C)c5ccccc5c4)nccc3c2C(C)(C)C)cc1. The second kappa shape index (κ2) is 8.81. The zero-order valence-electron chi connectivity index (χ0n) is 23.8. The van der Waals surface area contributed by atoms with E-state index >= 15 is 0 Å². The standard InChI is InChI=1S/C35H39NS/c1-33(2,3)25-16-14-22(15-17-25)31-29(35(7,8)9)27-18-19-36-30(32(27)37-31)24-20-23-12-10-11-13-26(23)28(21-24)34(4,5)6/h10-21H,1-9H3. The van der Waals surface area contributed by atoms with Gasteiger partial charge in [0.2, 0.25) is 0 Å². The molecule has 5 rings (SSSR count). The van der Waals surface area contributed by atoms with Gasteiger partial charge in [-0.05, 0) is 67.5 Å². The molecule has 2 aromatic heterocycles. The van der Waals surface area contributed by atoms with Gasteiger partial charge in [-0.3, -0.25) is 4.98 Å². The first-order valence-corrected chi connectivity index (χ1v) is 14.1. The predicted molar refractivity (Wildman–Crippen MR) is 164 cm³/mol. The van der Waals surface area contributed by atoms with Crippen LogP contribution in [-0.2, 0) is 16.2 Å². The number of benzene rings is 3. The van der Waals surface area contributed by atoms with Crippen LogP contribution in [0.4, 0.5) is 0 Å². The Bertz CT molecular complexity index is 1600. The van der Waals surface area contributed by atoms with Crippen LogP contribution in [0.2, 0.25) is 0 Å². The fraction of sp³-hybridized carbons (Fsp3) is 0.343. The third kappa shape index (κ3) is 4.73. The van der Waals surface area contributed by atoms with Crippen LogP contribution in [0.1, 0.15) is 79.0 Å². The number of thiophene rings is 1. The summed E-state index contributed by atoms with van der Waals surface area (Å²) >= 11 is 1.89. The molecule has 0 saturated heterocycles. The molecule has 0 saturated carbocycles. The maximum atomic E-state index is 4.99. The van der Waals surface area contributed by atoms with Gasteiger partial charge in [0.05, 0.1) is 10.4 Å². The molecular weight excluding hydrogens is 466 g/mol. The number of rotatable bonds is 2. The van der Waals surface area contributed by atoms with E-state index in [0.717, 1.165) is 5.69 Å². The molecule has 0 bridgehead atoms. The highest BCUT2D eigenvalue weighted by atomic mass is 32.1. The van der Waals surface area contributed by atoms with Gasteiger partial charge in [-0.15, -0.1) is 11.3 Å². The second-order valence-electron chi connectivity index (χ2n) is 13.4. The van der Waals surface area contributed by atoms with E-state index in [1.54, 1.807) is 0 Å². The van der Waals surface area contributed by atoms with Crippen LogP contribution in [0.3, 0.4) is 0 Å². The van der Waals surface area contributed by atoms with Crippen LogP contribution in [0, 0.1) is 0 Å². The van der Waals surface area contributed by atoms with E-state index in [-0.39, 0.29) is 16.2 Å². The summed E-state index contributed by atoms with van der Waals surface area (Å²) in [5, 5.41) is 3.92. The molecule has 0 fully saturated rings. The normalized spacial score (nSPS) is 13.0. The topological polar surface area (TPSA) is 12.9 Å². The van der Waals surface area contributed by atoms with E-state index in [1.807, 2.05) is 17.5 Å². The molecule has 0 N–H and O–H groups in total. The summed E-state index contributed by atoms with van der Waals surface area (Å²) < 4.78 is 1.28. The fourth-order valence-electron chi connectivity index (χ4n) is 5.37. The average Bonchev–Trinajstić information content (AvgIpc) is 3.23. The van der Waals surface area contributed by atoms with Gasteiger partial charge in [-0.1, -0.05) is 111 Å². The molecular formula is C35H39NS. The molecule has 0 aliphatic carbocycles. The minimum Gasteiger partial charge on any atom is -0.255 e. The lowest BCUT2D eigenvalue weighted by atomic mass is 9.81. The van der Waals surface area contributed by atoms with Crippen molar-refractivity contribution in [3.8, 4) is 21.7 Å². The number of nitrogens with zero attached hydrogens (tertiary/aromatic N) is 1. The summed E-state index contributed by atoms with van der Waals surface area (Å²) in [6.45, 7) is 20.7. The van der Waals surface area contributed by atoms with Gasteiger partial charge in [0.15, 0.2) is 0 Å². The zero-order valence-corrected chi connectivity index (χ0v) is 24.6. The quantitative estimate of drug-likeness (QED) is 0.232. The highest BCUT2D eigenvalue weighted by Gasteiger charge is 2.27. The maximum Gasteiger partial charge on any atom is 0.0880 e. The Morgan fingerprint density at radius 1 is 0.622 bits per heavy atom. The van der Waals surface area contributed by atoms with E-state index in [2.05, 4.69) is 129 Å². The summed E-state index contributed by atoms with van der Waals surface area (Å²) in [7, 11) is 0. The van der Waals surface area contributed by atoms with Crippen molar-refractivity contribution in [3.63, 3.8) is 0 Å². The summed E-state index contributed by atoms with van der Waals surface area (Å²) in [6, 6.07) is 24.9. The smallest absolute Gasteiger partial charge is 0.0880 e. The molecule has 0 amide bonds. The van der Waals surface area contributed by atoms with Crippen LogP contribution in [0.25, 0.3) is 42.6 Å². The third-order valence-corrected chi connectivity index (χ3v) is 8.57. The first kappa shape index (κ1) is 25.7. The number of hydrogen-bond donors (Lipinski definition) is 0. The molecule has 0 unspecified atom stereocenters. The Kier molecular flexibility index (Phi) is 6.11. The van der Waals surface area contributed by atoms with E-state index in [9.17, 15) is 0 Å². The minimum absolute atomic E-state index is 0.00879. The monoisotopic (exact) mass is 505 g/mol. The van der Waals surface area contributed by atoms with Crippen LogP contribution < -0.4 is 0 Å². The molecule has 0 aliphatic heterocycles. The molecule has 1 nitrogen and oxygen atoms in total. The Morgan fingerprint density at radius 2 is 1.30 bits per heavy atom. The molecule has 190 valence electrons. The zero-order chi connectivity index (χ0) is 26.8. The Labute approximate surface area is 226 Å². The molecule has 0 atom stereocenters. The average molecular weight is 506 g/mol. The Balaban J connectivity index is 1.78. The van der Waals surface area contributed by atoms with Gasteiger partial charge in [0.25, 0.3) is 0 Å². The van der Waals surface area contributed by atoms with Gasteiger partial charge in [0, 0.05) is 22.0 Å². The lowest BCUT2D eigenvalue weighted by molar-refractivity contribution is 0.590. The van der Waals surface area contributed by atoms with Crippen molar-refractivity contribution in [1.29, 1.82) is 0 Å². The maximum absolute atomic E-state index is 4.99. The molecule has 5 aromatic rings. The highest BCUT2D eigenvalue weighted by molar-refractivity contribution is 7.23. The van der Waals surface area contributed by atoms with Crippen LogP contribution in [0.5, 0.6) is 0 Å². The first-order valence-electron chi connectivity index (χ1n) is 13.3. The van der Waals surface area contributed by atoms with Gasteiger partial charge in [0.1, 0.15) is 0 Å². The summed E-state index contributed by atoms with van der Waals surface area (Å²) in [6.07, 6.45) is 2.00. The van der Waals surface area contributed by atoms with Crippen molar-refractivity contribution >= 4 is 32.2 Å². The molecule has 3 aromatic carbocycles. The van der Waals surface area contributed by atoms with Gasteiger partial charge in [-0.2, -0.15) is 0 Å². The molecule has 0 aliphatic rings. The third-order valence-electron chi connectivity index (χ3n) is 7.31. The lowest BCUT2D eigenvalue weighted by Gasteiger charge is -2.23. The summed E-state index contributed by atoms with van der Waals surface area (Å²) in [5.41, 5.74) is 7.91. The number of fused-ring (bicyclic) bond motifs is 2. The van der Waals surface area contributed by atoms with Crippen molar-refractivity contribution in [2.75, 3.05) is 0 Å². The Morgan fingerprint density at radius 3 is 1.92 bits per heavy atom. The highest BCUT2D eigenvalue weighted by Crippen LogP contribution is 2.48. The predicted octanol–water partition coefficient (Wildman–Crippen LogP) is 10.7. The summed E-state index contributed by atoms with van der Waals surface area (Å²) in [5.74, 6) is 0. The molecule has 2 heterocycles. The van der Waals surface area contributed by atoms with Crippen molar-refractivity contribution in [3.05, 3.63) is 89.6 Å². The summed E-state index contributed by atoms with van der Waals surface area (Å²) in [4.78, 5) is 6.35. The Hall–Kier alpha value is -2.97. The van der Waals surface area contributed by atoms with Gasteiger partial charge in [-0.25, -0.2) is 0 Å². The molecule has 2 heteroatoms. The van der Waals surface area contributed by atoms with E-state index in [1.165, 1.54) is 53.6 Å². The minimum atomic E-state index is 0.00879. The van der Waals surface area contributed by atoms with E-state index < -0.39 is 0 Å². The number of pyridine rings is 1. The number of hydrogen-bond acceptors (Lipinski definition) is 2. The van der Waals surface area contributed by atoms with Crippen molar-refractivity contribution < 1.29 is 0 Å². The molecule has 37 heavy (non-hydrogen) atoms. The van der Waals surface area contributed by atoms with Crippen molar-refractivity contribution in [2.45, 2.75) is 78.6 Å². The van der Waals surface area contributed by atoms with E-state index in [4.69, 9.17) is 4.98 Å². The van der Waals surface area contributed by atoms with Gasteiger partial charge >= 0.3 is 0 Å². The fourth-order valence-corrected chi connectivity index (χ4v) is 6.89. The van der Waals surface area contributed by atoms with Crippen LogP contribution in [-0.4, -0.2) is 4.98 Å².